The van der Waals surface area contributed by atoms with Gasteiger partial charge < -0.3 is 9.88 Å². The zero-order valence-corrected chi connectivity index (χ0v) is 11.9. The predicted molar refractivity (Wildman–Crippen MR) is 80.1 cm³/mol. The van der Waals surface area contributed by atoms with E-state index in [9.17, 15) is 4.79 Å². The first-order chi connectivity index (χ1) is 10.2. The summed E-state index contributed by atoms with van der Waals surface area (Å²) in [6.07, 6.45) is 4.01. The fourth-order valence-electron chi connectivity index (χ4n) is 2.11. The van der Waals surface area contributed by atoms with Crippen LogP contribution in [-0.2, 0) is 13.5 Å². The zero-order valence-electron chi connectivity index (χ0n) is 11.9. The molecule has 3 rings (SSSR count). The van der Waals surface area contributed by atoms with E-state index in [1.54, 1.807) is 10.9 Å². The van der Waals surface area contributed by atoms with E-state index >= 15 is 0 Å². The van der Waals surface area contributed by atoms with E-state index in [0.717, 1.165) is 6.42 Å². The van der Waals surface area contributed by atoms with Gasteiger partial charge in [-0.05, 0) is 24.1 Å². The lowest BCUT2D eigenvalue weighted by Gasteiger charge is -2.05. The van der Waals surface area contributed by atoms with Crippen molar-refractivity contribution in [1.82, 2.24) is 19.5 Å². The molecule has 1 aromatic carbocycles. The molecule has 0 bridgehead atoms. The lowest BCUT2D eigenvalue weighted by atomic mass is 10.1. The number of benzene rings is 1. The molecular formula is C15H15N5O. The summed E-state index contributed by atoms with van der Waals surface area (Å²) in [5, 5.41) is 2.79. The SMILES string of the molecule is CCc1ccc(C(=O)Nc2ncnc3c2ncn3C)cc1. The summed E-state index contributed by atoms with van der Waals surface area (Å²) < 4.78 is 1.78. The van der Waals surface area contributed by atoms with Gasteiger partial charge in [-0.15, -0.1) is 0 Å². The quantitative estimate of drug-likeness (QED) is 0.798. The first-order valence-electron chi connectivity index (χ1n) is 6.71. The molecule has 0 saturated heterocycles. The number of hydrogen-bond donors (Lipinski definition) is 1. The Balaban J connectivity index is 1.89. The fraction of sp³-hybridized carbons (Fsp3) is 0.200. The van der Waals surface area contributed by atoms with Crippen LogP contribution in [-0.4, -0.2) is 25.4 Å². The van der Waals surface area contributed by atoms with E-state index in [1.807, 2.05) is 31.3 Å². The maximum Gasteiger partial charge on any atom is 0.256 e. The van der Waals surface area contributed by atoms with Gasteiger partial charge in [0.25, 0.3) is 5.91 Å². The molecule has 21 heavy (non-hydrogen) atoms. The Kier molecular flexibility index (Phi) is 3.35. The molecule has 2 heterocycles. The van der Waals surface area contributed by atoms with Gasteiger partial charge in [-0.3, -0.25) is 4.79 Å². The fourth-order valence-corrected chi connectivity index (χ4v) is 2.11. The highest BCUT2D eigenvalue weighted by Gasteiger charge is 2.12. The van der Waals surface area contributed by atoms with Crippen molar-refractivity contribution in [2.75, 3.05) is 5.32 Å². The largest absolute Gasteiger partial charge is 0.318 e. The first-order valence-corrected chi connectivity index (χ1v) is 6.71. The number of hydrogen-bond acceptors (Lipinski definition) is 4. The van der Waals surface area contributed by atoms with E-state index in [4.69, 9.17) is 0 Å². The molecule has 0 aliphatic heterocycles. The molecule has 3 aromatic rings. The molecule has 0 spiro atoms. The highest BCUT2D eigenvalue weighted by Crippen LogP contribution is 2.17. The second kappa shape index (κ2) is 5.32. The minimum absolute atomic E-state index is 0.205. The highest BCUT2D eigenvalue weighted by atomic mass is 16.1. The first kappa shape index (κ1) is 13.2. The molecule has 0 unspecified atom stereocenters. The molecule has 6 nitrogen and oxygen atoms in total. The van der Waals surface area contributed by atoms with Crippen molar-refractivity contribution < 1.29 is 4.79 Å². The number of rotatable bonds is 3. The Labute approximate surface area is 121 Å². The van der Waals surface area contributed by atoms with E-state index in [0.29, 0.717) is 22.5 Å². The van der Waals surface area contributed by atoms with Crippen LogP contribution >= 0.6 is 0 Å². The summed E-state index contributed by atoms with van der Waals surface area (Å²) >= 11 is 0. The van der Waals surface area contributed by atoms with Crippen molar-refractivity contribution in [3.8, 4) is 0 Å². The number of amides is 1. The molecule has 1 N–H and O–H groups in total. The number of aryl methyl sites for hydroxylation is 2. The third-order valence-corrected chi connectivity index (χ3v) is 3.35. The molecule has 6 heteroatoms. The Morgan fingerprint density at radius 1 is 1.19 bits per heavy atom. The maximum absolute atomic E-state index is 12.3. The van der Waals surface area contributed by atoms with Gasteiger partial charge in [-0.2, -0.15) is 0 Å². The smallest absolute Gasteiger partial charge is 0.256 e. The van der Waals surface area contributed by atoms with E-state index < -0.39 is 0 Å². The summed E-state index contributed by atoms with van der Waals surface area (Å²) in [7, 11) is 1.84. The number of carbonyl (C=O) groups excluding carboxylic acids is 1. The van der Waals surface area contributed by atoms with Crippen LogP contribution in [0.5, 0.6) is 0 Å². The third kappa shape index (κ3) is 2.47. The van der Waals surface area contributed by atoms with Crippen LogP contribution in [0.15, 0.2) is 36.9 Å². The van der Waals surface area contributed by atoms with Crippen LogP contribution in [0.25, 0.3) is 11.2 Å². The Morgan fingerprint density at radius 2 is 1.95 bits per heavy atom. The van der Waals surface area contributed by atoms with Crippen molar-refractivity contribution in [3.63, 3.8) is 0 Å². The van der Waals surface area contributed by atoms with Crippen molar-refractivity contribution >= 4 is 22.9 Å². The Hall–Kier alpha value is -2.76. The molecule has 106 valence electrons. The minimum atomic E-state index is -0.205. The molecule has 1 amide bonds. The molecule has 0 saturated carbocycles. The topological polar surface area (TPSA) is 72.7 Å². The van der Waals surface area contributed by atoms with Crippen LogP contribution in [0.3, 0.4) is 0 Å². The normalized spacial score (nSPS) is 10.8. The van der Waals surface area contributed by atoms with Gasteiger partial charge >= 0.3 is 0 Å². The molecular weight excluding hydrogens is 266 g/mol. The van der Waals surface area contributed by atoms with Crippen LogP contribution in [0.1, 0.15) is 22.8 Å². The molecule has 0 aliphatic rings. The second-order valence-corrected chi connectivity index (χ2v) is 4.75. The van der Waals surface area contributed by atoms with E-state index in [1.165, 1.54) is 11.9 Å². The van der Waals surface area contributed by atoms with Crippen molar-refractivity contribution in [1.29, 1.82) is 0 Å². The van der Waals surface area contributed by atoms with Gasteiger partial charge in [0.2, 0.25) is 0 Å². The lowest BCUT2D eigenvalue weighted by Crippen LogP contribution is -2.13. The highest BCUT2D eigenvalue weighted by molar-refractivity contribution is 6.06. The van der Waals surface area contributed by atoms with Gasteiger partial charge in [0, 0.05) is 12.6 Å². The van der Waals surface area contributed by atoms with E-state index in [2.05, 4.69) is 27.2 Å². The minimum Gasteiger partial charge on any atom is -0.318 e. The summed E-state index contributed by atoms with van der Waals surface area (Å²) in [5.74, 6) is 0.216. The molecule has 0 fully saturated rings. The maximum atomic E-state index is 12.3. The van der Waals surface area contributed by atoms with Crippen molar-refractivity contribution in [2.24, 2.45) is 7.05 Å². The number of aromatic nitrogens is 4. The number of nitrogens with zero attached hydrogens (tertiary/aromatic N) is 4. The van der Waals surface area contributed by atoms with Gasteiger partial charge in [0.1, 0.15) is 6.33 Å². The Bertz CT molecular complexity index is 791. The van der Waals surface area contributed by atoms with Gasteiger partial charge in [0.15, 0.2) is 17.0 Å². The summed E-state index contributed by atoms with van der Waals surface area (Å²) in [6, 6.07) is 7.52. The predicted octanol–water partition coefficient (Wildman–Crippen LogP) is 2.18. The van der Waals surface area contributed by atoms with Gasteiger partial charge in [-0.25, -0.2) is 15.0 Å². The monoisotopic (exact) mass is 281 g/mol. The Morgan fingerprint density at radius 3 is 2.67 bits per heavy atom. The van der Waals surface area contributed by atoms with Crippen LogP contribution in [0, 0.1) is 0 Å². The molecule has 0 radical (unpaired) electrons. The average Bonchev–Trinajstić information content (AvgIpc) is 2.90. The van der Waals surface area contributed by atoms with Crippen LogP contribution in [0.4, 0.5) is 5.82 Å². The standard InChI is InChI=1S/C15H15N5O/c1-3-10-4-6-11(7-5-10)15(21)19-13-12-14(17-8-16-13)20(2)9-18-12/h4-9H,3H2,1-2H3,(H,16,17,19,21). The van der Waals surface area contributed by atoms with E-state index in [-0.39, 0.29) is 5.91 Å². The second-order valence-electron chi connectivity index (χ2n) is 4.75. The molecule has 0 atom stereocenters. The lowest BCUT2D eigenvalue weighted by molar-refractivity contribution is 0.102. The number of anilines is 1. The number of fused-ring (bicyclic) bond motifs is 1. The number of carbonyl (C=O) groups is 1. The summed E-state index contributed by atoms with van der Waals surface area (Å²) in [6.45, 7) is 2.08. The third-order valence-electron chi connectivity index (χ3n) is 3.35. The van der Waals surface area contributed by atoms with Crippen LogP contribution < -0.4 is 5.32 Å². The van der Waals surface area contributed by atoms with Crippen molar-refractivity contribution in [3.05, 3.63) is 48.0 Å². The number of nitrogens with one attached hydrogen (secondary N) is 1. The molecule has 2 aromatic heterocycles. The zero-order chi connectivity index (χ0) is 14.8. The van der Waals surface area contributed by atoms with Gasteiger partial charge in [-0.1, -0.05) is 19.1 Å². The van der Waals surface area contributed by atoms with Gasteiger partial charge in [0.05, 0.1) is 6.33 Å². The summed E-state index contributed by atoms with van der Waals surface area (Å²) in [5.41, 5.74) is 3.05. The molecule has 0 aliphatic carbocycles. The van der Waals surface area contributed by atoms with Crippen molar-refractivity contribution in [2.45, 2.75) is 13.3 Å². The average molecular weight is 281 g/mol. The van der Waals surface area contributed by atoms with Crippen LogP contribution in [0.2, 0.25) is 0 Å². The number of imidazole rings is 1. The summed E-state index contributed by atoms with van der Waals surface area (Å²) in [4.78, 5) is 24.7.